The maximum absolute atomic E-state index is 14.3. The second kappa shape index (κ2) is 4.85. The zero-order valence-corrected chi connectivity index (χ0v) is 12.0. The number of aromatic nitrogens is 1. The fourth-order valence-corrected chi connectivity index (χ4v) is 1.89. The van der Waals surface area contributed by atoms with Gasteiger partial charge in [0, 0.05) is 18.9 Å². The maximum Gasteiger partial charge on any atom is 0.517 e. The molecule has 104 valence electrons. The summed E-state index contributed by atoms with van der Waals surface area (Å²) in [4.78, 5) is 4.05. The Hall–Kier alpha value is -0.975. The first-order valence-corrected chi connectivity index (χ1v) is 6.26. The van der Waals surface area contributed by atoms with E-state index in [4.69, 9.17) is 14.0 Å². The average molecular weight is 267 g/mol. The van der Waals surface area contributed by atoms with Crippen LogP contribution in [0.15, 0.2) is 12.3 Å². The SMILES string of the molecule is COCc1ccnc(B2OC(C)(C)C(C)(C)O2)c1F. The highest BCUT2D eigenvalue weighted by atomic mass is 19.1. The molecule has 2 rings (SSSR count). The summed E-state index contributed by atoms with van der Waals surface area (Å²) in [5, 5.41) is 0. The van der Waals surface area contributed by atoms with Crippen molar-refractivity contribution >= 4 is 12.7 Å². The largest absolute Gasteiger partial charge is 0.517 e. The molecule has 19 heavy (non-hydrogen) atoms. The molecule has 6 heteroatoms. The minimum absolute atomic E-state index is 0.174. The molecular formula is C13H19BFNO3. The zero-order chi connectivity index (χ0) is 14.3. The van der Waals surface area contributed by atoms with Crippen molar-refractivity contribution in [2.45, 2.75) is 45.5 Å². The first-order chi connectivity index (χ1) is 8.78. The van der Waals surface area contributed by atoms with Crippen molar-refractivity contribution in [3.63, 3.8) is 0 Å². The Morgan fingerprint density at radius 3 is 2.37 bits per heavy atom. The van der Waals surface area contributed by atoms with Crippen LogP contribution in [0.2, 0.25) is 0 Å². The Bertz CT molecular complexity index is 463. The second-order valence-corrected chi connectivity index (χ2v) is 5.69. The van der Waals surface area contributed by atoms with Gasteiger partial charge in [0.25, 0.3) is 0 Å². The molecule has 0 aromatic carbocycles. The Labute approximate surface area is 113 Å². The molecule has 1 aromatic heterocycles. The molecule has 0 atom stereocenters. The number of halogens is 1. The number of rotatable bonds is 3. The van der Waals surface area contributed by atoms with Gasteiger partial charge in [0.05, 0.1) is 17.8 Å². The molecule has 0 bridgehead atoms. The summed E-state index contributed by atoms with van der Waals surface area (Å²) in [5.41, 5.74) is -0.401. The molecular weight excluding hydrogens is 248 g/mol. The third-order valence-corrected chi connectivity index (χ3v) is 3.77. The number of hydrogen-bond donors (Lipinski definition) is 0. The molecule has 0 amide bonds. The lowest BCUT2D eigenvalue weighted by Gasteiger charge is -2.32. The van der Waals surface area contributed by atoms with Gasteiger partial charge < -0.3 is 14.0 Å². The fourth-order valence-electron chi connectivity index (χ4n) is 1.89. The minimum Gasteiger partial charge on any atom is -0.398 e. The standard InChI is InChI=1S/C13H19BFNO3/c1-12(2)13(3,4)19-14(18-12)11-10(15)9(8-17-5)6-7-16-11/h6-7H,8H2,1-5H3. The summed E-state index contributed by atoms with van der Waals surface area (Å²) in [6.07, 6.45) is 1.54. The number of methoxy groups -OCH3 is 1. The van der Waals surface area contributed by atoms with Gasteiger partial charge in [-0.1, -0.05) is 0 Å². The van der Waals surface area contributed by atoms with Crippen molar-refractivity contribution in [3.05, 3.63) is 23.6 Å². The Balaban J connectivity index is 2.32. The third-order valence-electron chi connectivity index (χ3n) is 3.77. The molecule has 1 fully saturated rings. The van der Waals surface area contributed by atoms with Gasteiger partial charge in [0.15, 0.2) is 0 Å². The number of nitrogens with zero attached hydrogens (tertiary/aromatic N) is 1. The van der Waals surface area contributed by atoms with Crippen molar-refractivity contribution in [1.82, 2.24) is 4.98 Å². The first kappa shape index (κ1) is 14.4. The van der Waals surface area contributed by atoms with Crippen molar-refractivity contribution in [2.24, 2.45) is 0 Å². The predicted molar refractivity (Wildman–Crippen MR) is 70.6 cm³/mol. The fraction of sp³-hybridized carbons (Fsp3) is 0.615. The van der Waals surface area contributed by atoms with E-state index in [1.54, 1.807) is 6.07 Å². The molecule has 1 aliphatic heterocycles. The van der Waals surface area contributed by atoms with Crippen LogP contribution in [0.25, 0.3) is 0 Å². The monoisotopic (exact) mass is 267 g/mol. The Kier molecular flexibility index (Phi) is 3.68. The highest BCUT2D eigenvalue weighted by Crippen LogP contribution is 2.36. The molecule has 0 saturated carbocycles. The second-order valence-electron chi connectivity index (χ2n) is 5.69. The minimum atomic E-state index is -0.790. The Morgan fingerprint density at radius 2 is 1.84 bits per heavy atom. The molecule has 0 aliphatic carbocycles. The lowest BCUT2D eigenvalue weighted by molar-refractivity contribution is 0.00578. The highest BCUT2D eigenvalue weighted by molar-refractivity contribution is 6.61. The van der Waals surface area contributed by atoms with Crippen LogP contribution in [0.5, 0.6) is 0 Å². The molecule has 0 unspecified atom stereocenters. The number of ether oxygens (including phenoxy) is 1. The molecule has 4 nitrogen and oxygen atoms in total. The van der Waals surface area contributed by atoms with E-state index in [9.17, 15) is 4.39 Å². The van der Waals surface area contributed by atoms with E-state index >= 15 is 0 Å². The van der Waals surface area contributed by atoms with Gasteiger partial charge in [0.2, 0.25) is 0 Å². The van der Waals surface area contributed by atoms with Crippen LogP contribution in [-0.4, -0.2) is 30.4 Å². The average Bonchev–Trinajstić information content (AvgIpc) is 2.51. The summed E-state index contributed by atoms with van der Waals surface area (Å²) in [7, 11) is 0.732. The van der Waals surface area contributed by atoms with E-state index in [2.05, 4.69) is 4.98 Å². The lowest BCUT2D eigenvalue weighted by Crippen LogP contribution is -2.41. The van der Waals surface area contributed by atoms with Gasteiger partial charge in [-0.15, -0.1) is 0 Å². The van der Waals surface area contributed by atoms with Gasteiger partial charge in [-0.25, -0.2) is 4.39 Å². The van der Waals surface area contributed by atoms with Gasteiger partial charge >= 0.3 is 7.12 Å². The lowest BCUT2D eigenvalue weighted by atomic mass is 9.83. The van der Waals surface area contributed by atoms with Crippen LogP contribution in [0, 0.1) is 5.82 Å². The normalized spacial score (nSPS) is 20.8. The topological polar surface area (TPSA) is 40.6 Å². The van der Waals surface area contributed by atoms with Gasteiger partial charge in [-0.05, 0) is 33.8 Å². The van der Waals surface area contributed by atoms with Crippen LogP contribution >= 0.6 is 0 Å². The third kappa shape index (κ3) is 2.52. The van der Waals surface area contributed by atoms with E-state index in [0.717, 1.165) is 0 Å². The summed E-state index contributed by atoms with van der Waals surface area (Å²) < 4.78 is 30.9. The van der Waals surface area contributed by atoms with E-state index in [1.165, 1.54) is 13.3 Å². The molecule has 1 aliphatic rings. The van der Waals surface area contributed by atoms with Crippen LogP contribution in [0.3, 0.4) is 0 Å². The quantitative estimate of drug-likeness (QED) is 0.781. The number of hydrogen-bond acceptors (Lipinski definition) is 4. The Morgan fingerprint density at radius 1 is 1.26 bits per heavy atom. The molecule has 1 saturated heterocycles. The van der Waals surface area contributed by atoms with E-state index in [-0.39, 0.29) is 12.2 Å². The van der Waals surface area contributed by atoms with Crippen molar-refractivity contribution in [3.8, 4) is 0 Å². The van der Waals surface area contributed by atoms with Crippen molar-refractivity contribution in [2.75, 3.05) is 7.11 Å². The highest BCUT2D eigenvalue weighted by Gasteiger charge is 2.53. The van der Waals surface area contributed by atoms with E-state index < -0.39 is 24.1 Å². The zero-order valence-electron chi connectivity index (χ0n) is 12.0. The van der Waals surface area contributed by atoms with Crippen LogP contribution in [-0.2, 0) is 20.7 Å². The smallest absolute Gasteiger partial charge is 0.398 e. The summed E-state index contributed by atoms with van der Waals surface area (Å²) in [6.45, 7) is 7.88. The van der Waals surface area contributed by atoms with Crippen LogP contribution in [0.4, 0.5) is 4.39 Å². The van der Waals surface area contributed by atoms with Gasteiger partial charge in [-0.3, -0.25) is 4.98 Å². The molecule has 2 heterocycles. The first-order valence-electron chi connectivity index (χ1n) is 6.26. The van der Waals surface area contributed by atoms with E-state index in [1.807, 2.05) is 27.7 Å². The van der Waals surface area contributed by atoms with Crippen LogP contribution in [0.1, 0.15) is 33.3 Å². The van der Waals surface area contributed by atoms with Gasteiger partial charge in [-0.2, -0.15) is 0 Å². The van der Waals surface area contributed by atoms with Crippen molar-refractivity contribution < 1.29 is 18.4 Å². The molecule has 0 N–H and O–H groups in total. The summed E-state index contributed by atoms with van der Waals surface area (Å²) in [5.74, 6) is -0.428. The maximum atomic E-state index is 14.3. The van der Waals surface area contributed by atoms with Gasteiger partial charge in [0.1, 0.15) is 11.4 Å². The molecule has 1 aromatic rings. The molecule has 0 radical (unpaired) electrons. The van der Waals surface area contributed by atoms with Crippen LogP contribution < -0.4 is 5.59 Å². The molecule has 0 spiro atoms. The van der Waals surface area contributed by atoms with E-state index in [0.29, 0.717) is 5.56 Å². The van der Waals surface area contributed by atoms with Crippen molar-refractivity contribution in [1.29, 1.82) is 0 Å². The number of pyridine rings is 1. The summed E-state index contributed by atoms with van der Waals surface area (Å²) >= 11 is 0. The predicted octanol–water partition coefficient (Wildman–Crippen LogP) is 1.67. The summed E-state index contributed by atoms with van der Waals surface area (Å²) in [6, 6.07) is 1.59.